The average molecular weight is 212 g/mol. The minimum absolute atomic E-state index is 0.659. The van der Waals surface area contributed by atoms with E-state index in [2.05, 4.69) is 24.2 Å². The molecule has 1 saturated carbocycles. The zero-order chi connectivity index (χ0) is 10.7. The van der Waals surface area contributed by atoms with Gasteiger partial charge < -0.3 is 15.0 Å². The molecule has 0 aromatic carbocycles. The number of ether oxygens (including phenoxy) is 1. The molecular weight excluding hydrogens is 188 g/mol. The highest BCUT2D eigenvalue weighted by Crippen LogP contribution is 2.28. The van der Waals surface area contributed by atoms with Gasteiger partial charge in [-0.25, -0.2) is 0 Å². The second kappa shape index (κ2) is 5.28. The van der Waals surface area contributed by atoms with Crippen LogP contribution in [0.2, 0.25) is 0 Å². The van der Waals surface area contributed by atoms with E-state index in [-0.39, 0.29) is 0 Å². The fraction of sp³-hybridized carbons (Fsp3) is 1.00. The second-order valence-electron chi connectivity index (χ2n) is 4.84. The van der Waals surface area contributed by atoms with Gasteiger partial charge in [0.25, 0.3) is 0 Å². The Kier molecular flexibility index (Phi) is 4.00. The van der Waals surface area contributed by atoms with E-state index in [4.69, 9.17) is 4.74 Å². The molecule has 3 nitrogen and oxygen atoms in total. The summed E-state index contributed by atoms with van der Waals surface area (Å²) in [6.07, 6.45) is 3.99. The van der Waals surface area contributed by atoms with Crippen molar-refractivity contribution in [2.45, 2.75) is 38.3 Å². The van der Waals surface area contributed by atoms with Crippen molar-refractivity contribution in [3.05, 3.63) is 0 Å². The Bertz CT molecular complexity index is 194. The molecule has 0 bridgehead atoms. The minimum Gasteiger partial charge on any atom is -0.381 e. The van der Waals surface area contributed by atoms with Crippen molar-refractivity contribution in [3.63, 3.8) is 0 Å². The van der Waals surface area contributed by atoms with Gasteiger partial charge in [-0.1, -0.05) is 6.92 Å². The Balaban J connectivity index is 1.84. The van der Waals surface area contributed by atoms with Gasteiger partial charge in [-0.2, -0.15) is 0 Å². The molecule has 0 aromatic rings. The molecule has 3 heteroatoms. The third-order valence-electron chi connectivity index (χ3n) is 3.78. The lowest BCUT2D eigenvalue weighted by Gasteiger charge is -2.35. The Labute approximate surface area is 93.2 Å². The van der Waals surface area contributed by atoms with Crippen LogP contribution in [0.1, 0.15) is 26.2 Å². The van der Waals surface area contributed by atoms with Crippen molar-refractivity contribution in [2.24, 2.45) is 5.92 Å². The molecule has 2 aliphatic rings. The lowest BCUT2D eigenvalue weighted by atomic mass is 9.95. The summed E-state index contributed by atoms with van der Waals surface area (Å²) in [6, 6.07) is 1.54. The van der Waals surface area contributed by atoms with Crippen LogP contribution in [0.5, 0.6) is 0 Å². The molecule has 0 amide bonds. The van der Waals surface area contributed by atoms with Gasteiger partial charge in [-0.3, -0.25) is 0 Å². The monoisotopic (exact) mass is 212 g/mol. The highest BCUT2D eigenvalue weighted by atomic mass is 16.5. The number of hydrogen-bond donors (Lipinski definition) is 1. The lowest BCUT2D eigenvalue weighted by molar-refractivity contribution is 0.0179. The van der Waals surface area contributed by atoms with Crippen molar-refractivity contribution in [1.82, 2.24) is 10.2 Å². The Morgan fingerprint density at radius 3 is 2.73 bits per heavy atom. The van der Waals surface area contributed by atoms with Gasteiger partial charge in [0, 0.05) is 31.2 Å². The third-order valence-corrected chi connectivity index (χ3v) is 3.78. The SMILES string of the molecule is CCN(CC1COCCC1NC)C1CC1. The molecule has 0 radical (unpaired) electrons. The van der Waals surface area contributed by atoms with Crippen LogP contribution < -0.4 is 5.32 Å². The Morgan fingerprint density at radius 1 is 1.33 bits per heavy atom. The Hall–Kier alpha value is -0.120. The number of hydrogen-bond acceptors (Lipinski definition) is 3. The van der Waals surface area contributed by atoms with Gasteiger partial charge in [0.1, 0.15) is 0 Å². The van der Waals surface area contributed by atoms with E-state index in [0.29, 0.717) is 12.0 Å². The molecule has 0 spiro atoms. The quantitative estimate of drug-likeness (QED) is 0.738. The smallest absolute Gasteiger partial charge is 0.0521 e. The molecule has 1 aliphatic heterocycles. The van der Waals surface area contributed by atoms with Crippen LogP contribution in [-0.2, 0) is 4.74 Å². The molecule has 88 valence electrons. The largest absolute Gasteiger partial charge is 0.381 e. The molecule has 1 heterocycles. The molecule has 0 aromatic heterocycles. The summed E-state index contributed by atoms with van der Waals surface area (Å²) >= 11 is 0. The van der Waals surface area contributed by atoms with Gasteiger partial charge in [0.05, 0.1) is 6.61 Å². The summed E-state index contributed by atoms with van der Waals surface area (Å²) in [7, 11) is 2.08. The zero-order valence-electron chi connectivity index (χ0n) is 10.0. The van der Waals surface area contributed by atoms with E-state index in [1.807, 2.05) is 0 Å². The van der Waals surface area contributed by atoms with Crippen molar-refractivity contribution < 1.29 is 4.74 Å². The highest BCUT2D eigenvalue weighted by Gasteiger charge is 2.32. The predicted molar refractivity (Wildman–Crippen MR) is 62.0 cm³/mol. The van der Waals surface area contributed by atoms with Gasteiger partial charge in [0.15, 0.2) is 0 Å². The van der Waals surface area contributed by atoms with Gasteiger partial charge >= 0.3 is 0 Å². The van der Waals surface area contributed by atoms with Crippen LogP contribution in [0.3, 0.4) is 0 Å². The van der Waals surface area contributed by atoms with Crippen LogP contribution in [0, 0.1) is 5.92 Å². The summed E-state index contributed by atoms with van der Waals surface area (Å²) in [5.74, 6) is 0.685. The van der Waals surface area contributed by atoms with E-state index >= 15 is 0 Å². The molecule has 2 rings (SSSR count). The number of nitrogens with one attached hydrogen (secondary N) is 1. The molecule has 1 N–H and O–H groups in total. The van der Waals surface area contributed by atoms with Gasteiger partial charge in [-0.15, -0.1) is 0 Å². The number of nitrogens with zero attached hydrogens (tertiary/aromatic N) is 1. The Morgan fingerprint density at radius 2 is 2.13 bits per heavy atom. The van der Waals surface area contributed by atoms with Crippen molar-refractivity contribution in [1.29, 1.82) is 0 Å². The first-order valence-electron chi connectivity index (χ1n) is 6.34. The second-order valence-corrected chi connectivity index (χ2v) is 4.84. The lowest BCUT2D eigenvalue weighted by Crippen LogP contribution is -2.47. The van der Waals surface area contributed by atoms with Gasteiger partial charge in [-0.05, 0) is 32.9 Å². The molecule has 2 unspecified atom stereocenters. The summed E-state index contributed by atoms with van der Waals surface area (Å²) in [4.78, 5) is 2.63. The molecule has 1 saturated heterocycles. The highest BCUT2D eigenvalue weighted by molar-refractivity contribution is 4.88. The molecule has 15 heavy (non-hydrogen) atoms. The summed E-state index contributed by atoms with van der Waals surface area (Å²) < 4.78 is 5.59. The first-order chi connectivity index (χ1) is 7.35. The fourth-order valence-electron chi connectivity index (χ4n) is 2.63. The zero-order valence-corrected chi connectivity index (χ0v) is 10.0. The third kappa shape index (κ3) is 2.92. The van der Waals surface area contributed by atoms with Gasteiger partial charge in [0.2, 0.25) is 0 Å². The topological polar surface area (TPSA) is 24.5 Å². The van der Waals surface area contributed by atoms with E-state index in [1.54, 1.807) is 0 Å². The van der Waals surface area contributed by atoms with E-state index in [9.17, 15) is 0 Å². The van der Waals surface area contributed by atoms with Crippen LogP contribution in [-0.4, -0.2) is 50.3 Å². The first-order valence-corrected chi connectivity index (χ1v) is 6.34. The summed E-state index contributed by atoms with van der Waals surface area (Å²) in [6.45, 7) is 6.55. The predicted octanol–water partition coefficient (Wildman–Crippen LogP) is 1.10. The maximum Gasteiger partial charge on any atom is 0.0521 e. The number of rotatable bonds is 5. The summed E-state index contributed by atoms with van der Waals surface area (Å²) in [5.41, 5.74) is 0. The average Bonchev–Trinajstić information content (AvgIpc) is 3.10. The maximum atomic E-state index is 5.59. The van der Waals surface area contributed by atoms with Crippen molar-refractivity contribution >= 4 is 0 Å². The summed E-state index contributed by atoms with van der Waals surface area (Å²) in [5, 5.41) is 3.44. The first kappa shape index (κ1) is 11.4. The van der Waals surface area contributed by atoms with Crippen LogP contribution >= 0.6 is 0 Å². The molecule has 1 aliphatic carbocycles. The molecule has 2 atom stereocenters. The minimum atomic E-state index is 0.659. The van der Waals surface area contributed by atoms with Crippen LogP contribution in [0.4, 0.5) is 0 Å². The van der Waals surface area contributed by atoms with Crippen molar-refractivity contribution in [3.8, 4) is 0 Å². The fourth-order valence-corrected chi connectivity index (χ4v) is 2.63. The normalized spacial score (nSPS) is 32.2. The standard InChI is InChI=1S/C12H24N2O/c1-3-14(11-4-5-11)8-10-9-15-7-6-12(10)13-2/h10-13H,3-9H2,1-2H3. The maximum absolute atomic E-state index is 5.59. The molecule has 2 fully saturated rings. The van der Waals surface area contributed by atoms with E-state index < -0.39 is 0 Å². The van der Waals surface area contributed by atoms with E-state index in [1.165, 1.54) is 32.4 Å². The van der Waals surface area contributed by atoms with E-state index in [0.717, 1.165) is 19.3 Å². The molecular formula is C12H24N2O. The van der Waals surface area contributed by atoms with Crippen LogP contribution in [0.25, 0.3) is 0 Å². The van der Waals surface area contributed by atoms with Crippen molar-refractivity contribution in [2.75, 3.05) is 33.4 Å². The van der Waals surface area contributed by atoms with Crippen LogP contribution in [0.15, 0.2) is 0 Å².